The summed E-state index contributed by atoms with van der Waals surface area (Å²) in [6.07, 6.45) is 0.623. The monoisotopic (exact) mass is 258 g/mol. The van der Waals surface area contributed by atoms with Gasteiger partial charge in [-0.05, 0) is 13.3 Å². The zero-order valence-electron chi connectivity index (χ0n) is 11.2. The minimum atomic E-state index is -0.928. The summed E-state index contributed by atoms with van der Waals surface area (Å²) in [6.45, 7) is 4.38. The summed E-state index contributed by atoms with van der Waals surface area (Å²) in [5.41, 5.74) is 5.02. The molecule has 0 saturated carbocycles. The number of nitrogens with two attached hydrogens (primary N) is 1. The second kappa shape index (κ2) is 5.67. The van der Waals surface area contributed by atoms with Gasteiger partial charge in [0.1, 0.15) is 5.92 Å². The normalized spacial score (nSPS) is 26.7. The molecule has 3 atom stereocenters. The Morgan fingerprint density at radius 1 is 1.50 bits per heavy atom. The second-order valence-electron chi connectivity index (χ2n) is 5.08. The third kappa shape index (κ3) is 2.64. The van der Waals surface area contributed by atoms with Crippen LogP contribution in [0.3, 0.4) is 0 Å². The van der Waals surface area contributed by atoms with Crippen molar-refractivity contribution in [3.8, 4) is 0 Å². The van der Waals surface area contributed by atoms with E-state index in [0.29, 0.717) is 6.42 Å². The predicted molar refractivity (Wildman–Crippen MR) is 66.0 cm³/mol. The van der Waals surface area contributed by atoms with Gasteiger partial charge in [-0.2, -0.15) is 0 Å². The van der Waals surface area contributed by atoms with E-state index in [4.69, 9.17) is 15.6 Å². The highest BCUT2D eigenvalue weighted by atomic mass is 16.5. The number of nitrogens with zero attached hydrogens (tertiary/aromatic N) is 1. The Morgan fingerprint density at radius 2 is 2.11 bits per heavy atom. The van der Waals surface area contributed by atoms with Crippen LogP contribution < -0.4 is 5.73 Å². The smallest absolute Gasteiger partial charge is 0.311 e. The fraction of sp³-hybridized carbons (Fsp3) is 0.833. The van der Waals surface area contributed by atoms with Crippen LogP contribution in [0, 0.1) is 11.3 Å². The van der Waals surface area contributed by atoms with E-state index in [2.05, 4.69) is 0 Å². The summed E-state index contributed by atoms with van der Waals surface area (Å²) in [5, 5.41) is 9.09. The number of amides is 1. The molecule has 104 valence electrons. The van der Waals surface area contributed by atoms with Crippen LogP contribution in [0.15, 0.2) is 0 Å². The molecule has 1 saturated heterocycles. The average Bonchev–Trinajstić information content (AvgIpc) is 2.85. The lowest BCUT2D eigenvalue weighted by Gasteiger charge is -2.34. The van der Waals surface area contributed by atoms with Crippen LogP contribution in [0.25, 0.3) is 0 Å². The Balaban J connectivity index is 2.83. The number of aliphatic carboxylic acids is 1. The maximum absolute atomic E-state index is 12.4. The van der Waals surface area contributed by atoms with Gasteiger partial charge in [-0.25, -0.2) is 0 Å². The molecule has 18 heavy (non-hydrogen) atoms. The van der Waals surface area contributed by atoms with E-state index in [-0.39, 0.29) is 25.7 Å². The van der Waals surface area contributed by atoms with Crippen molar-refractivity contribution in [3.05, 3.63) is 0 Å². The van der Waals surface area contributed by atoms with Gasteiger partial charge >= 0.3 is 5.97 Å². The van der Waals surface area contributed by atoms with Gasteiger partial charge in [0.15, 0.2) is 0 Å². The van der Waals surface area contributed by atoms with Gasteiger partial charge in [0.25, 0.3) is 0 Å². The quantitative estimate of drug-likeness (QED) is 0.719. The molecule has 0 spiro atoms. The van der Waals surface area contributed by atoms with Crippen LogP contribution in [0.5, 0.6) is 0 Å². The fourth-order valence-electron chi connectivity index (χ4n) is 2.12. The Labute approximate surface area is 107 Å². The van der Waals surface area contributed by atoms with Crippen LogP contribution in [0.1, 0.15) is 20.3 Å². The molecular formula is C12H22N2O4. The number of carboxylic acids is 1. The van der Waals surface area contributed by atoms with E-state index in [1.807, 2.05) is 6.92 Å². The molecule has 1 rings (SSSR count). The number of rotatable bonds is 5. The molecule has 1 amide bonds. The van der Waals surface area contributed by atoms with E-state index >= 15 is 0 Å². The first-order valence-electron chi connectivity index (χ1n) is 6.15. The molecule has 1 fully saturated rings. The molecule has 0 aromatic heterocycles. The lowest BCUT2D eigenvalue weighted by Crippen LogP contribution is -2.51. The SMILES string of the molecule is CCC(C)(CN)C(=O)N(C)C1COCC1C(=O)O. The molecule has 3 unspecified atom stereocenters. The first-order valence-corrected chi connectivity index (χ1v) is 6.15. The molecule has 1 aliphatic heterocycles. The van der Waals surface area contributed by atoms with Crippen LogP contribution in [0.2, 0.25) is 0 Å². The molecule has 0 radical (unpaired) electrons. The summed E-state index contributed by atoms with van der Waals surface area (Å²) >= 11 is 0. The zero-order valence-corrected chi connectivity index (χ0v) is 11.2. The van der Waals surface area contributed by atoms with Gasteiger partial charge in [-0.1, -0.05) is 6.92 Å². The molecule has 0 bridgehead atoms. The lowest BCUT2D eigenvalue weighted by atomic mass is 9.85. The largest absolute Gasteiger partial charge is 0.481 e. The maximum atomic E-state index is 12.4. The van der Waals surface area contributed by atoms with Crippen LogP contribution in [0.4, 0.5) is 0 Å². The average molecular weight is 258 g/mol. The highest BCUT2D eigenvalue weighted by Crippen LogP contribution is 2.27. The van der Waals surface area contributed by atoms with Crippen LogP contribution >= 0.6 is 0 Å². The summed E-state index contributed by atoms with van der Waals surface area (Å²) in [5.74, 6) is -1.70. The van der Waals surface area contributed by atoms with Gasteiger partial charge < -0.3 is 20.5 Å². The van der Waals surface area contributed by atoms with Crippen molar-refractivity contribution in [2.45, 2.75) is 26.3 Å². The Morgan fingerprint density at radius 3 is 2.56 bits per heavy atom. The Kier molecular flexibility index (Phi) is 4.70. The highest BCUT2D eigenvalue weighted by molar-refractivity contribution is 5.83. The second-order valence-corrected chi connectivity index (χ2v) is 5.08. The fourth-order valence-corrected chi connectivity index (χ4v) is 2.12. The van der Waals surface area contributed by atoms with Crippen molar-refractivity contribution in [1.82, 2.24) is 4.90 Å². The number of carbonyl (C=O) groups excluding carboxylic acids is 1. The maximum Gasteiger partial charge on any atom is 0.311 e. The van der Waals surface area contributed by atoms with Crippen LogP contribution in [-0.4, -0.2) is 54.7 Å². The van der Waals surface area contributed by atoms with Crippen molar-refractivity contribution in [1.29, 1.82) is 0 Å². The van der Waals surface area contributed by atoms with Crippen molar-refractivity contribution < 1.29 is 19.4 Å². The minimum absolute atomic E-state index is 0.116. The summed E-state index contributed by atoms with van der Waals surface area (Å²) < 4.78 is 5.18. The first-order chi connectivity index (χ1) is 8.37. The van der Waals surface area contributed by atoms with Gasteiger partial charge in [-0.15, -0.1) is 0 Å². The van der Waals surface area contributed by atoms with E-state index in [1.165, 1.54) is 4.90 Å². The Hall–Kier alpha value is -1.14. The number of hydrogen-bond donors (Lipinski definition) is 2. The molecule has 1 aliphatic rings. The van der Waals surface area contributed by atoms with Gasteiger partial charge in [0.05, 0.1) is 24.7 Å². The van der Waals surface area contributed by atoms with Gasteiger partial charge in [-0.3, -0.25) is 9.59 Å². The molecule has 6 heteroatoms. The van der Waals surface area contributed by atoms with Gasteiger partial charge in [0.2, 0.25) is 5.91 Å². The van der Waals surface area contributed by atoms with Crippen molar-refractivity contribution >= 4 is 11.9 Å². The zero-order chi connectivity index (χ0) is 13.9. The van der Waals surface area contributed by atoms with Crippen molar-refractivity contribution in [2.75, 3.05) is 26.8 Å². The molecule has 0 aliphatic carbocycles. The summed E-state index contributed by atoms with van der Waals surface area (Å²) in [6, 6.07) is -0.410. The van der Waals surface area contributed by atoms with E-state index < -0.39 is 23.3 Å². The predicted octanol–water partition coefficient (Wildman–Crippen LogP) is -0.0806. The number of likely N-dealkylation sites (N-methyl/N-ethyl adjacent to an activating group) is 1. The van der Waals surface area contributed by atoms with Crippen molar-refractivity contribution in [2.24, 2.45) is 17.1 Å². The van der Waals surface area contributed by atoms with E-state index in [1.54, 1.807) is 14.0 Å². The third-order valence-electron chi connectivity index (χ3n) is 3.93. The highest BCUT2D eigenvalue weighted by Gasteiger charge is 2.42. The molecule has 3 N–H and O–H groups in total. The first kappa shape index (κ1) is 14.9. The molecule has 0 aromatic rings. The summed E-state index contributed by atoms with van der Waals surface area (Å²) in [7, 11) is 1.63. The number of hydrogen-bond acceptors (Lipinski definition) is 4. The topological polar surface area (TPSA) is 92.9 Å². The minimum Gasteiger partial charge on any atom is -0.481 e. The third-order valence-corrected chi connectivity index (χ3v) is 3.93. The molecule has 1 heterocycles. The standard InChI is InChI=1S/C12H22N2O4/c1-4-12(2,7-13)11(17)14(3)9-6-18-5-8(9)10(15)16/h8-9H,4-7,13H2,1-3H3,(H,15,16). The number of carboxylic acid groups (broad SMARTS) is 1. The Bertz CT molecular complexity index is 328. The molecule has 6 nitrogen and oxygen atoms in total. The molecular weight excluding hydrogens is 236 g/mol. The van der Waals surface area contributed by atoms with E-state index in [0.717, 1.165) is 0 Å². The summed E-state index contributed by atoms with van der Waals surface area (Å²) in [4.78, 5) is 25.0. The van der Waals surface area contributed by atoms with Crippen molar-refractivity contribution in [3.63, 3.8) is 0 Å². The number of ether oxygens (including phenoxy) is 1. The molecule has 0 aromatic carbocycles. The van der Waals surface area contributed by atoms with Gasteiger partial charge in [0, 0.05) is 13.6 Å². The number of carbonyl (C=O) groups is 2. The van der Waals surface area contributed by atoms with Crippen LogP contribution in [-0.2, 0) is 14.3 Å². The lowest BCUT2D eigenvalue weighted by molar-refractivity contribution is -0.147. The van der Waals surface area contributed by atoms with E-state index in [9.17, 15) is 9.59 Å².